The Kier molecular flexibility index (Phi) is 2.71. The Balaban J connectivity index is 1.73. The monoisotopic (exact) mass is 258 g/mol. The molecular formula is C12H10N4O3. The average Bonchev–Trinajstić information content (AvgIpc) is 3.06. The fourth-order valence-corrected chi connectivity index (χ4v) is 1.86. The molecule has 7 nitrogen and oxygen atoms in total. The molecule has 7 heteroatoms. The number of nitrogens with one attached hydrogen (secondary N) is 2. The second-order valence-corrected chi connectivity index (χ2v) is 4.10. The van der Waals surface area contributed by atoms with Gasteiger partial charge >= 0.3 is 5.97 Å². The van der Waals surface area contributed by atoms with Gasteiger partial charge in [-0.25, -0.2) is 4.79 Å². The number of aromatic amines is 1. The summed E-state index contributed by atoms with van der Waals surface area (Å²) in [4.78, 5) is 23.3. The average molecular weight is 258 g/mol. The van der Waals surface area contributed by atoms with E-state index in [1.807, 2.05) is 0 Å². The summed E-state index contributed by atoms with van der Waals surface area (Å²) >= 11 is 0. The van der Waals surface area contributed by atoms with Crippen molar-refractivity contribution in [2.75, 3.05) is 0 Å². The predicted molar refractivity (Wildman–Crippen MR) is 63.1 cm³/mol. The minimum absolute atomic E-state index is 0.0403. The largest absolute Gasteiger partial charge is 0.455 e. The van der Waals surface area contributed by atoms with E-state index in [4.69, 9.17) is 4.74 Å². The first-order valence-electron chi connectivity index (χ1n) is 5.67. The molecule has 2 heterocycles. The first-order chi connectivity index (χ1) is 9.24. The Hall–Kier alpha value is -2.70. The second kappa shape index (κ2) is 4.52. The third-order valence-electron chi connectivity index (χ3n) is 2.85. The summed E-state index contributed by atoms with van der Waals surface area (Å²) in [5.74, 6) is -0.661. The maximum absolute atomic E-state index is 11.8. The molecule has 0 spiro atoms. The number of amides is 1. The lowest BCUT2D eigenvalue weighted by atomic mass is 10.1. The number of ether oxygens (including phenoxy) is 1. The summed E-state index contributed by atoms with van der Waals surface area (Å²) in [6.07, 6.45) is 1.55. The molecule has 0 aliphatic carbocycles. The van der Waals surface area contributed by atoms with E-state index in [9.17, 15) is 9.59 Å². The standard InChI is InChI=1S/C12H10N4O3/c17-11-10-3-7(1-2-8(10)4-13-11)12(18)19-6-9-5-14-16-15-9/h1-3,5H,4,6H2,(H,13,17)(H,14,15,16). The summed E-state index contributed by atoms with van der Waals surface area (Å²) in [6.45, 7) is 0.543. The molecule has 3 rings (SSSR count). The van der Waals surface area contributed by atoms with Crippen LogP contribution < -0.4 is 5.32 Å². The summed E-state index contributed by atoms with van der Waals surface area (Å²) in [6, 6.07) is 4.94. The molecule has 1 aromatic heterocycles. The van der Waals surface area contributed by atoms with Gasteiger partial charge in [0.2, 0.25) is 0 Å². The number of hydrogen-bond donors (Lipinski definition) is 2. The maximum Gasteiger partial charge on any atom is 0.338 e. The molecule has 96 valence electrons. The molecule has 0 fully saturated rings. The molecule has 0 radical (unpaired) electrons. The van der Waals surface area contributed by atoms with E-state index in [1.54, 1.807) is 24.4 Å². The third kappa shape index (κ3) is 2.17. The first kappa shape index (κ1) is 11.4. The van der Waals surface area contributed by atoms with Crippen molar-refractivity contribution in [2.24, 2.45) is 0 Å². The van der Waals surface area contributed by atoms with Crippen LogP contribution in [0.2, 0.25) is 0 Å². The van der Waals surface area contributed by atoms with Crippen LogP contribution in [0.1, 0.15) is 32.0 Å². The zero-order valence-electron chi connectivity index (χ0n) is 9.84. The van der Waals surface area contributed by atoms with Crippen LogP contribution in [0.3, 0.4) is 0 Å². The van der Waals surface area contributed by atoms with Gasteiger partial charge < -0.3 is 10.1 Å². The van der Waals surface area contributed by atoms with Crippen molar-refractivity contribution >= 4 is 11.9 Å². The predicted octanol–water partition coefficient (Wildman–Crippen LogP) is 0.405. The SMILES string of the molecule is O=C(OCc1c[nH]nn1)c1ccc2c(c1)C(=O)NC2. The van der Waals surface area contributed by atoms with E-state index in [-0.39, 0.29) is 12.5 Å². The van der Waals surface area contributed by atoms with E-state index >= 15 is 0 Å². The maximum atomic E-state index is 11.8. The minimum Gasteiger partial charge on any atom is -0.455 e. The smallest absolute Gasteiger partial charge is 0.338 e. The van der Waals surface area contributed by atoms with E-state index < -0.39 is 5.97 Å². The van der Waals surface area contributed by atoms with Crippen LogP contribution in [0.25, 0.3) is 0 Å². The highest BCUT2D eigenvalue weighted by molar-refractivity contribution is 6.01. The van der Waals surface area contributed by atoms with E-state index in [0.717, 1.165) is 5.56 Å². The Bertz CT molecular complexity index is 636. The Labute approximate surface area is 108 Å². The molecule has 0 saturated carbocycles. The fourth-order valence-electron chi connectivity index (χ4n) is 1.86. The summed E-state index contributed by atoms with van der Waals surface area (Å²) in [5.41, 5.74) is 2.29. The lowest BCUT2D eigenvalue weighted by Gasteiger charge is -2.04. The lowest BCUT2D eigenvalue weighted by molar-refractivity contribution is 0.0467. The molecule has 2 aromatic rings. The van der Waals surface area contributed by atoms with Crippen molar-refractivity contribution in [1.82, 2.24) is 20.7 Å². The molecule has 0 bridgehead atoms. The summed E-state index contributed by atoms with van der Waals surface area (Å²) in [7, 11) is 0. The molecule has 19 heavy (non-hydrogen) atoms. The van der Waals surface area contributed by atoms with Crippen LogP contribution in [0, 0.1) is 0 Å². The quantitative estimate of drug-likeness (QED) is 0.777. The Morgan fingerprint density at radius 2 is 2.32 bits per heavy atom. The number of aromatic nitrogens is 3. The van der Waals surface area contributed by atoms with Crippen LogP contribution in [-0.2, 0) is 17.9 Å². The summed E-state index contributed by atoms with van der Waals surface area (Å²) in [5, 5.41) is 12.4. The highest BCUT2D eigenvalue weighted by atomic mass is 16.5. The van der Waals surface area contributed by atoms with Crippen molar-refractivity contribution in [1.29, 1.82) is 0 Å². The molecule has 0 unspecified atom stereocenters. The molecule has 0 atom stereocenters. The molecular weight excluding hydrogens is 248 g/mol. The third-order valence-corrected chi connectivity index (χ3v) is 2.85. The number of hydrogen-bond acceptors (Lipinski definition) is 5. The minimum atomic E-state index is -0.495. The van der Waals surface area contributed by atoms with Gasteiger partial charge in [0.25, 0.3) is 5.91 Å². The van der Waals surface area contributed by atoms with Gasteiger partial charge in [-0.05, 0) is 17.7 Å². The Morgan fingerprint density at radius 3 is 3.11 bits per heavy atom. The molecule has 1 aliphatic heterocycles. The Morgan fingerprint density at radius 1 is 1.42 bits per heavy atom. The van der Waals surface area contributed by atoms with Gasteiger partial charge in [-0.2, -0.15) is 0 Å². The van der Waals surface area contributed by atoms with Crippen molar-refractivity contribution < 1.29 is 14.3 Å². The first-order valence-corrected chi connectivity index (χ1v) is 5.67. The second-order valence-electron chi connectivity index (χ2n) is 4.10. The van der Waals surface area contributed by atoms with E-state index in [0.29, 0.717) is 23.4 Å². The van der Waals surface area contributed by atoms with Crippen LogP contribution in [0.15, 0.2) is 24.4 Å². The van der Waals surface area contributed by atoms with Crippen molar-refractivity contribution in [2.45, 2.75) is 13.2 Å². The number of esters is 1. The molecule has 2 N–H and O–H groups in total. The molecule has 0 saturated heterocycles. The van der Waals surface area contributed by atoms with Gasteiger partial charge in [0.15, 0.2) is 0 Å². The van der Waals surface area contributed by atoms with Crippen molar-refractivity contribution in [3.05, 3.63) is 46.8 Å². The molecule has 1 aromatic carbocycles. The number of nitrogens with zero attached hydrogens (tertiary/aromatic N) is 2. The van der Waals surface area contributed by atoms with Crippen molar-refractivity contribution in [3.8, 4) is 0 Å². The van der Waals surface area contributed by atoms with Crippen LogP contribution in [0.4, 0.5) is 0 Å². The number of carbonyl (C=O) groups excluding carboxylic acids is 2. The van der Waals surface area contributed by atoms with E-state index in [1.165, 1.54) is 0 Å². The topological polar surface area (TPSA) is 97.0 Å². The fraction of sp³-hybridized carbons (Fsp3) is 0.167. The zero-order chi connectivity index (χ0) is 13.2. The summed E-state index contributed by atoms with van der Waals surface area (Å²) < 4.78 is 5.07. The number of rotatable bonds is 3. The highest BCUT2D eigenvalue weighted by Crippen LogP contribution is 2.17. The molecule has 1 amide bonds. The van der Waals surface area contributed by atoms with Crippen molar-refractivity contribution in [3.63, 3.8) is 0 Å². The number of H-pyrrole nitrogens is 1. The van der Waals surface area contributed by atoms with Crippen LogP contribution in [-0.4, -0.2) is 27.3 Å². The van der Waals surface area contributed by atoms with Gasteiger partial charge in [0.05, 0.1) is 5.56 Å². The van der Waals surface area contributed by atoms with Crippen LogP contribution in [0.5, 0.6) is 0 Å². The highest BCUT2D eigenvalue weighted by Gasteiger charge is 2.20. The number of carbonyl (C=O) groups is 2. The van der Waals surface area contributed by atoms with E-state index in [2.05, 4.69) is 20.7 Å². The normalized spacial score (nSPS) is 12.9. The number of benzene rings is 1. The van der Waals surface area contributed by atoms with Gasteiger partial charge in [0.1, 0.15) is 12.3 Å². The van der Waals surface area contributed by atoms with Gasteiger partial charge in [0, 0.05) is 18.3 Å². The zero-order valence-corrected chi connectivity index (χ0v) is 9.84. The molecule has 1 aliphatic rings. The van der Waals surface area contributed by atoms with Gasteiger partial charge in [-0.3, -0.25) is 9.89 Å². The number of fused-ring (bicyclic) bond motifs is 1. The van der Waals surface area contributed by atoms with Gasteiger partial charge in [-0.1, -0.05) is 11.3 Å². The van der Waals surface area contributed by atoms with Gasteiger partial charge in [-0.15, -0.1) is 5.10 Å². The lowest BCUT2D eigenvalue weighted by Crippen LogP contribution is -2.13. The van der Waals surface area contributed by atoms with Crippen LogP contribution >= 0.6 is 0 Å².